The van der Waals surface area contributed by atoms with Gasteiger partial charge in [0.25, 0.3) is 0 Å². The van der Waals surface area contributed by atoms with Gasteiger partial charge in [-0.15, -0.1) is 10.2 Å². The van der Waals surface area contributed by atoms with Crippen LogP contribution in [0.3, 0.4) is 0 Å². The Labute approximate surface area is 180 Å². The molecule has 1 atom stereocenters. The smallest absolute Gasteiger partial charge is 0.227 e. The topological polar surface area (TPSA) is 78.0 Å². The number of aromatic nitrogens is 4. The van der Waals surface area contributed by atoms with Crippen molar-refractivity contribution in [2.45, 2.75) is 31.6 Å². The predicted octanol–water partition coefficient (Wildman–Crippen LogP) is 3.63. The summed E-state index contributed by atoms with van der Waals surface area (Å²) < 4.78 is 0. The van der Waals surface area contributed by atoms with Crippen molar-refractivity contribution < 1.29 is 4.79 Å². The molecule has 5 rings (SSSR count). The molecular weight excluding hydrogens is 400 g/mol. The van der Waals surface area contributed by atoms with Gasteiger partial charge >= 0.3 is 0 Å². The summed E-state index contributed by atoms with van der Waals surface area (Å²) in [6.07, 6.45) is 3.81. The summed E-state index contributed by atoms with van der Waals surface area (Å²) in [5.41, 5.74) is 2.09. The van der Waals surface area contributed by atoms with Crippen LogP contribution in [0.2, 0.25) is 5.15 Å². The van der Waals surface area contributed by atoms with E-state index in [1.165, 1.54) is 0 Å². The monoisotopic (exact) mass is 424 g/mol. The number of anilines is 1. The minimum Gasteiger partial charge on any atom is -0.354 e. The number of piperidine rings is 2. The van der Waals surface area contributed by atoms with Crippen molar-refractivity contribution in [3.63, 3.8) is 0 Å². The van der Waals surface area contributed by atoms with E-state index < -0.39 is 0 Å². The summed E-state index contributed by atoms with van der Waals surface area (Å²) in [7, 11) is 0. The molecule has 0 unspecified atom stereocenters. The first-order chi connectivity index (χ1) is 14.7. The molecule has 0 spiro atoms. The van der Waals surface area contributed by atoms with Crippen LogP contribution in [0, 0.1) is 5.92 Å². The molecule has 1 aromatic carbocycles. The molecule has 2 saturated heterocycles. The number of hydrogen-bond acceptors (Lipinski definition) is 5. The predicted molar refractivity (Wildman–Crippen MR) is 117 cm³/mol. The molecular formula is C22H25ClN6O. The molecule has 0 saturated carbocycles. The normalized spacial score (nSPS) is 20.6. The fraction of sp³-hybridized carbons (Fsp3) is 0.455. The average Bonchev–Trinajstić information content (AvgIpc) is 3.24. The number of aromatic amines is 1. The molecule has 3 aromatic rings. The molecule has 4 heterocycles. The van der Waals surface area contributed by atoms with Crippen molar-refractivity contribution in [2.24, 2.45) is 5.92 Å². The largest absolute Gasteiger partial charge is 0.354 e. The van der Waals surface area contributed by atoms with Gasteiger partial charge in [0.1, 0.15) is 5.82 Å². The zero-order valence-electron chi connectivity index (χ0n) is 16.8. The van der Waals surface area contributed by atoms with Crippen molar-refractivity contribution >= 4 is 34.4 Å². The van der Waals surface area contributed by atoms with Gasteiger partial charge < -0.3 is 14.8 Å². The van der Waals surface area contributed by atoms with Crippen molar-refractivity contribution in [3.05, 3.63) is 47.4 Å². The minimum absolute atomic E-state index is 0.0129. The van der Waals surface area contributed by atoms with Crippen LogP contribution in [0.25, 0.3) is 11.0 Å². The molecule has 2 aromatic heterocycles. The Balaban J connectivity index is 1.20. The first-order valence-corrected chi connectivity index (χ1v) is 11.0. The van der Waals surface area contributed by atoms with E-state index >= 15 is 0 Å². The van der Waals surface area contributed by atoms with E-state index in [4.69, 9.17) is 16.6 Å². The average molecular weight is 425 g/mol. The van der Waals surface area contributed by atoms with E-state index in [0.29, 0.717) is 17.6 Å². The maximum atomic E-state index is 13.2. The maximum absolute atomic E-state index is 13.2. The Morgan fingerprint density at radius 1 is 1.03 bits per heavy atom. The van der Waals surface area contributed by atoms with Gasteiger partial charge in [-0.05, 0) is 49.9 Å². The zero-order chi connectivity index (χ0) is 20.5. The molecule has 0 aliphatic carbocycles. The van der Waals surface area contributed by atoms with Gasteiger partial charge in [-0.1, -0.05) is 23.7 Å². The van der Waals surface area contributed by atoms with E-state index in [0.717, 1.165) is 68.0 Å². The molecule has 1 amide bonds. The molecule has 156 valence electrons. The highest BCUT2D eigenvalue weighted by Crippen LogP contribution is 2.30. The van der Waals surface area contributed by atoms with Crippen LogP contribution < -0.4 is 4.90 Å². The van der Waals surface area contributed by atoms with E-state index in [1.807, 2.05) is 29.2 Å². The molecule has 30 heavy (non-hydrogen) atoms. The van der Waals surface area contributed by atoms with Crippen LogP contribution in [0.15, 0.2) is 36.4 Å². The van der Waals surface area contributed by atoms with E-state index in [1.54, 1.807) is 6.07 Å². The number of halogens is 1. The molecule has 0 bridgehead atoms. The fourth-order valence-electron chi connectivity index (χ4n) is 4.66. The van der Waals surface area contributed by atoms with Crippen molar-refractivity contribution in [3.8, 4) is 0 Å². The number of carbonyl (C=O) groups excluding carboxylic acids is 1. The van der Waals surface area contributed by atoms with E-state index in [9.17, 15) is 4.79 Å². The summed E-state index contributed by atoms with van der Waals surface area (Å²) in [4.78, 5) is 25.6. The summed E-state index contributed by atoms with van der Waals surface area (Å²) in [6.45, 7) is 3.17. The van der Waals surface area contributed by atoms with Gasteiger partial charge in [-0.25, -0.2) is 4.98 Å². The van der Waals surface area contributed by atoms with Gasteiger partial charge in [0.15, 0.2) is 11.0 Å². The second-order valence-electron chi connectivity index (χ2n) is 8.24. The van der Waals surface area contributed by atoms with Gasteiger partial charge in [0.05, 0.1) is 17.0 Å². The Hall–Kier alpha value is -2.67. The van der Waals surface area contributed by atoms with Crippen molar-refractivity contribution in [1.29, 1.82) is 0 Å². The van der Waals surface area contributed by atoms with Crippen LogP contribution in [0.4, 0.5) is 5.82 Å². The van der Waals surface area contributed by atoms with Gasteiger partial charge in [-0.3, -0.25) is 4.79 Å². The highest BCUT2D eigenvalue weighted by atomic mass is 35.5. The number of rotatable bonds is 3. The van der Waals surface area contributed by atoms with Crippen LogP contribution in [0.1, 0.15) is 37.4 Å². The number of benzene rings is 1. The first kappa shape index (κ1) is 19.3. The number of nitrogens with zero attached hydrogens (tertiary/aromatic N) is 5. The summed E-state index contributed by atoms with van der Waals surface area (Å²) in [6, 6.07) is 11.8. The SMILES string of the molecule is O=C([C@@H]1CCCN(c2ccc(Cl)nn2)C1)N1CCC(c2nc3ccccc3[nH]2)CC1. The number of carbonyl (C=O) groups is 1. The Morgan fingerprint density at radius 2 is 1.87 bits per heavy atom. The summed E-state index contributed by atoms with van der Waals surface area (Å²) >= 11 is 5.85. The van der Waals surface area contributed by atoms with Crippen LogP contribution in [0.5, 0.6) is 0 Å². The highest BCUT2D eigenvalue weighted by molar-refractivity contribution is 6.29. The third-order valence-corrected chi connectivity index (χ3v) is 6.52. The molecule has 2 aliphatic rings. The number of fused-ring (bicyclic) bond motifs is 1. The summed E-state index contributed by atoms with van der Waals surface area (Å²) in [5.74, 6) is 2.51. The minimum atomic E-state index is 0.0129. The lowest BCUT2D eigenvalue weighted by atomic mass is 9.92. The quantitative estimate of drug-likeness (QED) is 0.694. The van der Waals surface area contributed by atoms with Gasteiger partial charge in [0, 0.05) is 32.1 Å². The second-order valence-corrected chi connectivity index (χ2v) is 8.63. The van der Waals surface area contributed by atoms with Crippen LogP contribution >= 0.6 is 11.6 Å². The number of nitrogens with one attached hydrogen (secondary N) is 1. The first-order valence-electron chi connectivity index (χ1n) is 10.6. The second kappa shape index (κ2) is 8.22. The lowest BCUT2D eigenvalue weighted by Gasteiger charge is -2.37. The number of H-pyrrole nitrogens is 1. The molecule has 8 heteroatoms. The zero-order valence-corrected chi connectivity index (χ0v) is 17.6. The van der Waals surface area contributed by atoms with Crippen LogP contribution in [-0.2, 0) is 4.79 Å². The maximum Gasteiger partial charge on any atom is 0.227 e. The molecule has 1 N–H and O–H groups in total. The Bertz CT molecular complexity index is 995. The van der Waals surface area contributed by atoms with Gasteiger partial charge in [-0.2, -0.15) is 0 Å². The standard InChI is InChI=1S/C22H25ClN6O/c23-19-7-8-20(27-26-19)29-11-3-4-16(14-29)22(30)28-12-9-15(10-13-28)21-24-17-5-1-2-6-18(17)25-21/h1-2,5-8,15-16H,3-4,9-14H2,(H,24,25)/t16-/m1/s1. The number of para-hydroxylation sites is 2. The van der Waals surface area contributed by atoms with E-state index in [2.05, 4.69) is 26.1 Å². The number of amides is 1. The highest BCUT2D eigenvalue weighted by Gasteiger charge is 2.32. The van der Waals surface area contributed by atoms with Crippen molar-refractivity contribution in [1.82, 2.24) is 25.1 Å². The Kier molecular flexibility index (Phi) is 5.29. The molecule has 7 nitrogen and oxygen atoms in total. The molecule has 2 aliphatic heterocycles. The fourth-order valence-corrected chi connectivity index (χ4v) is 4.76. The van der Waals surface area contributed by atoms with Crippen LogP contribution in [-0.4, -0.2) is 57.2 Å². The Morgan fingerprint density at radius 3 is 2.63 bits per heavy atom. The number of hydrogen-bond donors (Lipinski definition) is 1. The third kappa shape index (κ3) is 3.86. The lowest BCUT2D eigenvalue weighted by Crippen LogP contribution is -2.47. The summed E-state index contributed by atoms with van der Waals surface area (Å²) in [5, 5.41) is 8.50. The van der Waals surface area contributed by atoms with Crippen molar-refractivity contribution in [2.75, 3.05) is 31.1 Å². The molecule has 0 radical (unpaired) electrons. The molecule has 2 fully saturated rings. The number of imidazole rings is 1. The third-order valence-electron chi connectivity index (χ3n) is 6.31. The van der Waals surface area contributed by atoms with Gasteiger partial charge in [0.2, 0.25) is 5.91 Å². The number of likely N-dealkylation sites (tertiary alicyclic amines) is 1. The lowest BCUT2D eigenvalue weighted by molar-refractivity contribution is -0.136. The van der Waals surface area contributed by atoms with E-state index in [-0.39, 0.29) is 11.8 Å².